The summed E-state index contributed by atoms with van der Waals surface area (Å²) >= 11 is 2.05. The molecule has 3 aliphatic rings. The first-order valence-corrected chi connectivity index (χ1v) is 15.0. The summed E-state index contributed by atoms with van der Waals surface area (Å²) in [5.41, 5.74) is 0.832. The highest BCUT2D eigenvalue weighted by Gasteiger charge is 2.45. The minimum absolute atomic E-state index is 0.00792. The fraction of sp³-hybridized carbons (Fsp3) is 0.621. The lowest BCUT2D eigenvalue weighted by Crippen LogP contribution is -2.59. The van der Waals surface area contributed by atoms with Gasteiger partial charge in [-0.2, -0.15) is 0 Å². The number of carbonyl (C=O) groups excluding carboxylic acids is 3. The van der Waals surface area contributed by atoms with E-state index in [1.807, 2.05) is 4.90 Å². The number of aliphatic hydroxyl groups is 2. The third kappa shape index (κ3) is 6.94. The molecular weight excluding hydrogens is 615 g/mol. The third-order valence-corrected chi connectivity index (χ3v) is 8.94. The number of hydrogen-bond donors (Lipinski definition) is 3. The number of halogens is 1. The van der Waals surface area contributed by atoms with Crippen molar-refractivity contribution >= 4 is 40.7 Å². The molecule has 2 saturated carbocycles. The second-order valence-corrected chi connectivity index (χ2v) is 11.8. The Morgan fingerprint density at radius 3 is 2.46 bits per heavy atom. The van der Waals surface area contributed by atoms with E-state index in [1.165, 1.54) is 7.11 Å². The highest BCUT2D eigenvalue weighted by molar-refractivity contribution is 14.1. The van der Waals surface area contributed by atoms with Crippen LogP contribution in [0, 0.1) is 9.49 Å². The summed E-state index contributed by atoms with van der Waals surface area (Å²) in [5.74, 6) is 0.342. The van der Waals surface area contributed by atoms with Gasteiger partial charge in [0.15, 0.2) is 11.5 Å². The Morgan fingerprint density at radius 2 is 1.82 bits per heavy atom. The molecule has 3 unspecified atom stereocenters. The van der Waals surface area contributed by atoms with Gasteiger partial charge < -0.3 is 29.9 Å². The van der Waals surface area contributed by atoms with Crippen LogP contribution in [0.2, 0.25) is 0 Å². The maximum atomic E-state index is 14.0. The number of nitrogens with zero attached hydrogens (tertiary/aromatic N) is 1. The van der Waals surface area contributed by atoms with Crippen LogP contribution in [0.5, 0.6) is 11.5 Å². The maximum absolute atomic E-state index is 14.0. The van der Waals surface area contributed by atoms with Gasteiger partial charge in [-0.25, -0.2) is 0 Å². The van der Waals surface area contributed by atoms with Crippen molar-refractivity contribution in [3.8, 4) is 11.5 Å². The molecule has 0 bridgehead atoms. The molecule has 2 fully saturated rings. The van der Waals surface area contributed by atoms with Gasteiger partial charge in [0.05, 0.1) is 23.3 Å². The van der Waals surface area contributed by atoms with Gasteiger partial charge in [-0.15, -0.1) is 0 Å². The van der Waals surface area contributed by atoms with Crippen molar-refractivity contribution in [1.29, 1.82) is 0 Å². The molecule has 0 saturated heterocycles. The number of nitrogens with one attached hydrogen (secondary N) is 1. The van der Waals surface area contributed by atoms with Gasteiger partial charge in [-0.1, -0.05) is 32.1 Å². The predicted octanol–water partition coefficient (Wildman–Crippen LogP) is 3.38. The number of carbonyl (C=O) groups is 3. The molecule has 3 atom stereocenters. The quantitative estimate of drug-likeness (QED) is 0.261. The van der Waals surface area contributed by atoms with Gasteiger partial charge in [-0.05, 0) is 66.5 Å². The molecule has 0 heterocycles. The highest BCUT2D eigenvalue weighted by Crippen LogP contribution is 2.39. The van der Waals surface area contributed by atoms with E-state index in [9.17, 15) is 24.6 Å². The summed E-state index contributed by atoms with van der Waals surface area (Å²) in [7, 11) is 1.47. The minimum Gasteiger partial charge on any atom is -0.493 e. The second kappa shape index (κ2) is 13.9. The summed E-state index contributed by atoms with van der Waals surface area (Å²) in [6.07, 6.45) is 9.20. The second-order valence-electron chi connectivity index (χ2n) is 10.7. The molecule has 4 rings (SSSR count). The van der Waals surface area contributed by atoms with Gasteiger partial charge in [0, 0.05) is 36.1 Å². The third-order valence-electron chi connectivity index (χ3n) is 8.14. The zero-order valence-electron chi connectivity index (χ0n) is 22.4. The van der Waals surface area contributed by atoms with E-state index in [2.05, 4.69) is 27.9 Å². The molecule has 0 aromatic heterocycles. The highest BCUT2D eigenvalue weighted by atomic mass is 127. The Balaban J connectivity index is 1.71. The van der Waals surface area contributed by atoms with Crippen LogP contribution < -0.4 is 14.8 Å². The normalized spacial score (nSPS) is 24.1. The van der Waals surface area contributed by atoms with Crippen LogP contribution in [0.1, 0.15) is 74.6 Å². The van der Waals surface area contributed by atoms with E-state index in [0.29, 0.717) is 26.2 Å². The summed E-state index contributed by atoms with van der Waals surface area (Å²) in [4.78, 5) is 40.4. The van der Waals surface area contributed by atoms with Crippen LogP contribution in [-0.2, 0) is 9.59 Å². The van der Waals surface area contributed by atoms with E-state index in [1.54, 1.807) is 18.2 Å². The van der Waals surface area contributed by atoms with Crippen LogP contribution in [0.15, 0.2) is 23.8 Å². The number of rotatable bonds is 10. The van der Waals surface area contributed by atoms with Gasteiger partial charge in [-0.3, -0.25) is 14.4 Å². The molecule has 3 aliphatic carbocycles. The van der Waals surface area contributed by atoms with Crippen LogP contribution in [0.3, 0.4) is 0 Å². The molecular formula is C29H39IN2O7. The first-order chi connectivity index (χ1) is 18.9. The average molecular weight is 655 g/mol. The van der Waals surface area contributed by atoms with Crippen LogP contribution in [-0.4, -0.2) is 77.8 Å². The van der Waals surface area contributed by atoms with Crippen LogP contribution >= 0.6 is 22.6 Å². The van der Waals surface area contributed by atoms with Crippen LogP contribution in [0.4, 0.5) is 0 Å². The largest absolute Gasteiger partial charge is 0.493 e. The summed E-state index contributed by atoms with van der Waals surface area (Å²) < 4.78 is 12.4. The maximum Gasteiger partial charge on any atom is 0.247 e. The van der Waals surface area contributed by atoms with E-state index in [-0.39, 0.29) is 43.3 Å². The molecule has 39 heavy (non-hydrogen) atoms. The molecule has 1 aromatic rings. The monoisotopic (exact) mass is 654 g/mol. The number of methoxy groups -OCH3 is 1. The molecule has 1 aromatic carbocycles. The van der Waals surface area contributed by atoms with Crippen LogP contribution in [0.25, 0.3) is 0 Å². The molecule has 0 radical (unpaired) electrons. The van der Waals surface area contributed by atoms with Crippen molar-refractivity contribution in [2.75, 3.05) is 20.3 Å². The topological polar surface area (TPSA) is 125 Å². The summed E-state index contributed by atoms with van der Waals surface area (Å²) in [6, 6.07) is 2.60. The lowest BCUT2D eigenvalue weighted by atomic mass is 9.84. The zero-order chi connectivity index (χ0) is 27.9. The fourth-order valence-corrected chi connectivity index (χ4v) is 6.92. The number of aliphatic hydroxyl groups excluding tert-OH is 2. The Kier molecular flexibility index (Phi) is 10.6. The zero-order valence-corrected chi connectivity index (χ0v) is 24.6. The first-order valence-electron chi connectivity index (χ1n) is 14.0. The van der Waals surface area contributed by atoms with Crippen molar-refractivity contribution in [2.45, 2.75) is 88.5 Å². The minimum atomic E-state index is -1.09. The Hall–Kier alpha value is -2.18. The molecule has 9 nitrogen and oxygen atoms in total. The fourth-order valence-electron chi connectivity index (χ4n) is 6.16. The number of aldehydes is 1. The van der Waals surface area contributed by atoms with Crippen molar-refractivity contribution in [3.05, 3.63) is 32.9 Å². The average Bonchev–Trinajstić information content (AvgIpc) is 3.50. The van der Waals surface area contributed by atoms with Crippen molar-refractivity contribution in [3.63, 3.8) is 0 Å². The SMILES string of the molecule is COc1cc(C=O)cc(I)c1OC1C=C(C(=O)NCCO)CC(N(C(=O)C2CCCC2)C2CCCCC2)C1O. The predicted molar refractivity (Wildman–Crippen MR) is 154 cm³/mol. The number of benzene rings is 1. The smallest absolute Gasteiger partial charge is 0.247 e. The molecule has 0 aliphatic heterocycles. The molecule has 10 heteroatoms. The van der Waals surface area contributed by atoms with E-state index in [0.717, 1.165) is 64.1 Å². The molecule has 0 spiro atoms. The lowest BCUT2D eigenvalue weighted by Gasteiger charge is -2.46. The van der Waals surface area contributed by atoms with Crippen molar-refractivity contribution < 1.29 is 34.1 Å². The Morgan fingerprint density at radius 1 is 1.13 bits per heavy atom. The standard InChI is InChI=1S/C29H39IN2O7/c1-38-25-14-18(17-34)13-22(30)27(25)39-24-16-20(28(36)31-11-12-33)15-23(26(24)35)32(21-9-3-2-4-10-21)29(37)19-7-5-6-8-19/h13-14,16-17,19,21,23-24,26,33,35H,2-12,15H2,1H3,(H,31,36). The lowest BCUT2D eigenvalue weighted by molar-refractivity contribution is -0.147. The Bertz CT molecular complexity index is 1070. The first kappa shape index (κ1) is 29.8. The van der Waals surface area contributed by atoms with E-state index >= 15 is 0 Å². The van der Waals surface area contributed by atoms with Gasteiger partial charge in [0.2, 0.25) is 11.8 Å². The van der Waals surface area contributed by atoms with Crippen molar-refractivity contribution in [2.24, 2.45) is 5.92 Å². The van der Waals surface area contributed by atoms with Gasteiger partial charge in [0.1, 0.15) is 18.5 Å². The van der Waals surface area contributed by atoms with E-state index < -0.39 is 18.2 Å². The summed E-state index contributed by atoms with van der Waals surface area (Å²) in [5, 5.41) is 23.7. The number of ether oxygens (including phenoxy) is 2. The van der Waals surface area contributed by atoms with E-state index in [4.69, 9.17) is 9.47 Å². The van der Waals surface area contributed by atoms with Gasteiger partial charge >= 0.3 is 0 Å². The van der Waals surface area contributed by atoms with Gasteiger partial charge in [0.25, 0.3) is 0 Å². The number of hydrogen-bond acceptors (Lipinski definition) is 7. The molecule has 214 valence electrons. The summed E-state index contributed by atoms with van der Waals surface area (Å²) in [6.45, 7) is -0.0982. The molecule has 3 N–H and O–H groups in total. The number of amides is 2. The van der Waals surface area contributed by atoms with Crippen molar-refractivity contribution in [1.82, 2.24) is 10.2 Å². The molecule has 2 amide bonds. The Labute approximate surface area is 243 Å².